The maximum Gasteiger partial charge on any atom is 0.320 e. The molecule has 1 rings (SSSR count). The minimum Gasteiger partial charge on any atom is -0.508 e. The van der Waals surface area contributed by atoms with Crippen LogP contribution in [0.15, 0.2) is 24.3 Å². The number of nitrogens with two attached hydrogens (primary N) is 1. The molecule has 0 radical (unpaired) electrons. The van der Waals surface area contributed by atoms with E-state index in [1.807, 2.05) is 0 Å². The molecular formula is C10H12ClNO4. The molecule has 0 amide bonds. The molecular weight excluding hydrogens is 234 g/mol. The minimum atomic E-state index is -1.22. The molecule has 4 N–H and O–H groups in total. The molecule has 0 heterocycles. The normalized spacial score (nSPS) is 11.3. The summed E-state index contributed by atoms with van der Waals surface area (Å²) in [5.41, 5.74) is 5.47. The lowest BCUT2D eigenvalue weighted by Gasteiger charge is -2.05. The van der Waals surface area contributed by atoms with Crippen LogP contribution >= 0.6 is 12.4 Å². The fraction of sp³-hybridized carbons (Fsp3) is 0.200. The highest BCUT2D eigenvalue weighted by molar-refractivity contribution is 5.98. The largest absolute Gasteiger partial charge is 0.508 e. The molecule has 88 valence electrons. The van der Waals surface area contributed by atoms with Gasteiger partial charge in [0.1, 0.15) is 11.8 Å². The number of carbonyl (C=O) groups excluding carboxylic acids is 1. The Labute approximate surface area is 98.3 Å². The summed E-state index contributed by atoms with van der Waals surface area (Å²) in [5, 5.41) is 17.6. The van der Waals surface area contributed by atoms with E-state index in [2.05, 4.69) is 0 Å². The van der Waals surface area contributed by atoms with Crippen LogP contribution in [0.5, 0.6) is 5.75 Å². The van der Waals surface area contributed by atoms with E-state index in [0.29, 0.717) is 0 Å². The van der Waals surface area contributed by atoms with E-state index in [1.165, 1.54) is 24.3 Å². The fourth-order valence-electron chi connectivity index (χ4n) is 1.08. The summed E-state index contributed by atoms with van der Waals surface area (Å²) < 4.78 is 0. The first-order chi connectivity index (χ1) is 7.00. The van der Waals surface area contributed by atoms with E-state index < -0.39 is 17.8 Å². The average Bonchev–Trinajstić information content (AvgIpc) is 2.17. The molecule has 0 bridgehead atoms. The van der Waals surface area contributed by atoms with Crippen molar-refractivity contribution in [1.29, 1.82) is 0 Å². The van der Waals surface area contributed by atoms with Crippen LogP contribution in [0.2, 0.25) is 0 Å². The number of benzene rings is 1. The summed E-state index contributed by atoms with van der Waals surface area (Å²) in [5.74, 6) is -1.66. The van der Waals surface area contributed by atoms with Crippen LogP contribution < -0.4 is 5.73 Å². The molecule has 1 aromatic rings. The van der Waals surface area contributed by atoms with Crippen LogP contribution in [0.1, 0.15) is 16.8 Å². The van der Waals surface area contributed by atoms with Gasteiger partial charge in [0.25, 0.3) is 0 Å². The van der Waals surface area contributed by atoms with Crippen molar-refractivity contribution in [1.82, 2.24) is 0 Å². The third kappa shape index (κ3) is 3.88. The smallest absolute Gasteiger partial charge is 0.320 e. The van der Waals surface area contributed by atoms with Gasteiger partial charge in [-0.3, -0.25) is 9.59 Å². The molecule has 5 nitrogen and oxygen atoms in total. The highest BCUT2D eigenvalue weighted by Crippen LogP contribution is 2.13. The maximum absolute atomic E-state index is 11.5. The van der Waals surface area contributed by atoms with E-state index in [1.54, 1.807) is 0 Å². The van der Waals surface area contributed by atoms with Crippen molar-refractivity contribution < 1.29 is 19.8 Å². The van der Waals surface area contributed by atoms with Gasteiger partial charge in [-0.1, -0.05) is 12.1 Å². The molecule has 0 aromatic heterocycles. The second-order valence-electron chi connectivity index (χ2n) is 3.12. The number of carboxylic acid groups (broad SMARTS) is 1. The van der Waals surface area contributed by atoms with E-state index in [9.17, 15) is 9.59 Å². The predicted octanol–water partition coefficient (Wildman–Crippen LogP) is 0.799. The van der Waals surface area contributed by atoms with Crippen LogP contribution in [-0.2, 0) is 4.79 Å². The number of hydrogen-bond donors (Lipinski definition) is 3. The molecule has 0 aliphatic rings. The highest BCUT2D eigenvalue weighted by atomic mass is 35.5. The van der Waals surface area contributed by atoms with E-state index in [0.717, 1.165) is 0 Å². The zero-order valence-electron chi connectivity index (χ0n) is 8.29. The van der Waals surface area contributed by atoms with E-state index in [4.69, 9.17) is 15.9 Å². The number of rotatable bonds is 4. The molecule has 16 heavy (non-hydrogen) atoms. The lowest BCUT2D eigenvalue weighted by molar-refractivity contribution is -0.138. The van der Waals surface area contributed by atoms with Gasteiger partial charge in [-0.05, 0) is 12.1 Å². The summed E-state index contributed by atoms with van der Waals surface area (Å²) in [6.07, 6.45) is -0.279. The molecule has 1 aromatic carbocycles. The Kier molecular flexibility index (Phi) is 5.49. The van der Waals surface area contributed by atoms with Crippen molar-refractivity contribution in [2.24, 2.45) is 5.73 Å². The Morgan fingerprint density at radius 3 is 2.50 bits per heavy atom. The first-order valence-electron chi connectivity index (χ1n) is 4.31. The van der Waals surface area contributed by atoms with Gasteiger partial charge >= 0.3 is 5.97 Å². The van der Waals surface area contributed by atoms with Gasteiger partial charge in [-0.2, -0.15) is 0 Å². The molecule has 1 unspecified atom stereocenters. The second kappa shape index (κ2) is 6.09. The van der Waals surface area contributed by atoms with Gasteiger partial charge in [0.2, 0.25) is 0 Å². The zero-order chi connectivity index (χ0) is 11.4. The number of carbonyl (C=O) groups is 2. The number of hydrogen-bond acceptors (Lipinski definition) is 4. The first kappa shape index (κ1) is 14.4. The van der Waals surface area contributed by atoms with Crippen molar-refractivity contribution >= 4 is 24.2 Å². The van der Waals surface area contributed by atoms with E-state index >= 15 is 0 Å². The topological polar surface area (TPSA) is 101 Å². The lowest BCUT2D eigenvalue weighted by atomic mass is 10.0. The summed E-state index contributed by atoms with van der Waals surface area (Å²) in [6.45, 7) is 0. The van der Waals surface area contributed by atoms with Crippen LogP contribution in [0, 0.1) is 0 Å². The van der Waals surface area contributed by atoms with Crippen LogP contribution in [0.3, 0.4) is 0 Å². The number of aliphatic carboxylic acids is 1. The van der Waals surface area contributed by atoms with Crippen molar-refractivity contribution in [3.63, 3.8) is 0 Å². The van der Waals surface area contributed by atoms with Gasteiger partial charge in [-0.15, -0.1) is 12.4 Å². The van der Waals surface area contributed by atoms with Crippen LogP contribution in [-0.4, -0.2) is 28.0 Å². The summed E-state index contributed by atoms with van der Waals surface area (Å²) in [4.78, 5) is 21.9. The molecule has 0 saturated carbocycles. The molecule has 0 spiro atoms. The Hall–Kier alpha value is -1.59. The van der Waals surface area contributed by atoms with Crippen molar-refractivity contribution in [3.8, 4) is 5.75 Å². The Morgan fingerprint density at radius 2 is 2.00 bits per heavy atom. The standard InChI is InChI=1S/C10H11NO4.ClH/c11-8(10(14)15)5-9(13)6-2-1-3-7(12)4-6;/h1-4,8,12H,5,11H2,(H,14,15);1H. The second-order valence-corrected chi connectivity index (χ2v) is 3.12. The number of phenolic OH excluding ortho intramolecular Hbond substituents is 1. The summed E-state index contributed by atoms with van der Waals surface area (Å²) >= 11 is 0. The SMILES string of the molecule is Cl.NC(CC(=O)c1cccc(O)c1)C(=O)O. The molecule has 0 saturated heterocycles. The summed E-state index contributed by atoms with van der Waals surface area (Å²) in [6, 6.07) is 4.50. The molecule has 6 heteroatoms. The number of carboxylic acids is 1. The summed E-state index contributed by atoms with van der Waals surface area (Å²) in [7, 11) is 0. The molecule has 0 fully saturated rings. The zero-order valence-corrected chi connectivity index (χ0v) is 9.11. The average molecular weight is 246 g/mol. The van der Waals surface area contributed by atoms with Gasteiger partial charge in [0.05, 0.1) is 0 Å². The van der Waals surface area contributed by atoms with Crippen LogP contribution in [0.4, 0.5) is 0 Å². The van der Waals surface area contributed by atoms with Gasteiger partial charge in [-0.25, -0.2) is 0 Å². The number of aromatic hydroxyl groups is 1. The molecule has 1 atom stereocenters. The number of Topliss-reactive ketones (excluding diaryl/α,β-unsaturated/α-hetero) is 1. The Bertz CT molecular complexity index is 394. The van der Waals surface area contributed by atoms with Crippen molar-refractivity contribution in [2.75, 3.05) is 0 Å². The lowest BCUT2D eigenvalue weighted by Crippen LogP contribution is -2.32. The number of ketones is 1. The minimum absolute atomic E-state index is 0. The maximum atomic E-state index is 11.5. The Morgan fingerprint density at radius 1 is 1.38 bits per heavy atom. The molecule has 0 aliphatic heterocycles. The van der Waals surface area contributed by atoms with E-state index in [-0.39, 0.29) is 30.1 Å². The third-order valence-electron chi connectivity index (χ3n) is 1.89. The van der Waals surface area contributed by atoms with Crippen molar-refractivity contribution in [3.05, 3.63) is 29.8 Å². The Balaban J connectivity index is 0.00000225. The number of halogens is 1. The predicted molar refractivity (Wildman–Crippen MR) is 59.9 cm³/mol. The quantitative estimate of drug-likeness (QED) is 0.681. The highest BCUT2D eigenvalue weighted by Gasteiger charge is 2.17. The fourth-order valence-corrected chi connectivity index (χ4v) is 1.08. The van der Waals surface area contributed by atoms with Gasteiger partial charge in [0.15, 0.2) is 5.78 Å². The van der Waals surface area contributed by atoms with Crippen molar-refractivity contribution in [2.45, 2.75) is 12.5 Å². The first-order valence-corrected chi connectivity index (χ1v) is 4.31. The van der Waals surface area contributed by atoms with Gasteiger partial charge in [0, 0.05) is 12.0 Å². The number of phenols is 1. The molecule has 0 aliphatic carbocycles. The third-order valence-corrected chi connectivity index (χ3v) is 1.89. The van der Waals surface area contributed by atoms with Crippen LogP contribution in [0.25, 0.3) is 0 Å². The monoisotopic (exact) mass is 245 g/mol. The van der Waals surface area contributed by atoms with Gasteiger partial charge < -0.3 is 15.9 Å².